The summed E-state index contributed by atoms with van der Waals surface area (Å²) in [6.07, 6.45) is 0.0452. The monoisotopic (exact) mass is 268 g/mol. The maximum atomic E-state index is 11.3. The average molecular weight is 268 g/mol. The summed E-state index contributed by atoms with van der Waals surface area (Å²) in [6.45, 7) is 4.85. The van der Waals surface area contributed by atoms with Crippen molar-refractivity contribution in [2.24, 2.45) is 5.73 Å². The van der Waals surface area contributed by atoms with Crippen LogP contribution in [0.5, 0.6) is 0 Å². The molecule has 2 atom stereocenters. The van der Waals surface area contributed by atoms with E-state index in [1.54, 1.807) is 12.1 Å². The number of nitrogens with two attached hydrogens (primary N) is 1. The molecule has 2 unspecified atom stereocenters. The Hall–Kier alpha value is -1.37. The lowest BCUT2D eigenvalue weighted by Crippen LogP contribution is -2.49. The standard InChI is InChI=1S/C13H20N2O4/c1-9(14)12-8-15(5-6-18-12)7-10-3-4-11(19-10)13(16)17-2/h3-4,9,12H,5-8,14H2,1-2H3. The number of carbonyl (C=O) groups excluding carboxylic acids is 1. The molecule has 0 aromatic carbocycles. The molecule has 1 aliphatic rings. The predicted molar refractivity (Wildman–Crippen MR) is 68.7 cm³/mol. The summed E-state index contributed by atoms with van der Waals surface area (Å²) in [7, 11) is 1.33. The molecule has 1 aromatic heterocycles. The van der Waals surface area contributed by atoms with E-state index in [2.05, 4.69) is 9.64 Å². The molecule has 0 spiro atoms. The Morgan fingerprint density at radius 2 is 2.42 bits per heavy atom. The van der Waals surface area contributed by atoms with Gasteiger partial charge in [-0.1, -0.05) is 0 Å². The van der Waals surface area contributed by atoms with E-state index in [0.29, 0.717) is 13.2 Å². The van der Waals surface area contributed by atoms with Crippen LogP contribution in [0.1, 0.15) is 23.2 Å². The van der Waals surface area contributed by atoms with Crippen molar-refractivity contribution in [3.05, 3.63) is 23.7 Å². The largest absolute Gasteiger partial charge is 0.463 e. The van der Waals surface area contributed by atoms with Gasteiger partial charge in [-0.3, -0.25) is 4.90 Å². The highest BCUT2D eigenvalue weighted by molar-refractivity contribution is 5.86. The van der Waals surface area contributed by atoms with Gasteiger partial charge in [0.15, 0.2) is 0 Å². The lowest BCUT2D eigenvalue weighted by molar-refractivity contribution is -0.0420. The van der Waals surface area contributed by atoms with Gasteiger partial charge in [-0.15, -0.1) is 0 Å². The molecule has 0 aliphatic carbocycles. The maximum absolute atomic E-state index is 11.3. The van der Waals surface area contributed by atoms with E-state index >= 15 is 0 Å². The molecule has 6 nitrogen and oxygen atoms in total. The average Bonchev–Trinajstić information content (AvgIpc) is 2.86. The van der Waals surface area contributed by atoms with Crippen LogP contribution in [0.15, 0.2) is 16.5 Å². The molecule has 1 saturated heterocycles. The molecular formula is C13H20N2O4. The topological polar surface area (TPSA) is 77.9 Å². The minimum atomic E-state index is -0.457. The Morgan fingerprint density at radius 3 is 3.11 bits per heavy atom. The summed E-state index contributed by atoms with van der Waals surface area (Å²) < 4.78 is 15.6. The zero-order valence-corrected chi connectivity index (χ0v) is 11.3. The summed E-state index contributed by atoms with van der Waals surface area (Å²) in [6, 6.07) is 3.43. The van der Waals surface area contributed by atoms with Gasteiger partial charge in [0.2, 0.25) is 5.76 Å². The van der Waals surface area contributed by atoms with Gasteiger partial charge in [0, 0.05) is 19.1 Å². The van der Waals surface area contributed by atoms with E-state index in [0.717, 1.165) is 18.8 Å². The summed E-state index contributed by atoms with van der Waals surface area (Å²) in [5, 5.41) is 0. The van der Waals surface area contributed by atoms with Crippen LogP contribution in [0.3, 0.4) is 0 Å². The van der Waals surface area contributed by atoms with E-state index in [-0.39, 0.29) is 17.9 Å². The first-order valence-electron chi connectivity index (χ1n) is 6.36. The smallest absolute Gasteiger partial charge is 0.373 e. The fraction of sp³-hybridized carbons (Fsp3) is 0.615. The van der Waals surface area contributed by atoms with Gasteiger partial charge in [0.25, 0.3) is 0 Å². The van der Waals surface area contributed by atoms with Crippen LogP contribution in [-0.4, -0.2) is 49.8 Å². The molecule has 19 heavy (non-hydrogen) atoms. The van der Waals surface area contributed by atoms with Crippen molar-refractivity contribution in [2.75, 3.05) is 26.8 Å². The molecule has 106 valence electrons. The highest BCUT2D eigenvalue weighted by Crippen LogP contribution is 2.15. The zero-order chi connectivity index (χ0) is 13.8. The molecule has 6 heteroatoms. The van der Waals surface area contributed by atoms with E-state index in [9.17, 15) is 4.79 Å². The van der Waals surface area contributed by atoms with Gasteiger partial charge in [0.1, 0.15) is 5.76 Å². The van der Waals surface area contributed by atoms with Gasteiger partial charge in [-0.05, 0) is 19.1 Å². The molecule has 0 amide bonds. The number of nitrogens with zero attached hydrogens (tertiary/aromatic N) is 1. The van der Waals surface area contributed by atoms with Crippen LogP contribution < -0.4 is 5.73 Å². The van der Waals surface area contributed by atoms with Crippen molar-refractivity contribution in [1.29, 1.82) is 0 Å². The van der Waals surface area contributed by atoms with E-state index in [1.807, 2.05) is 6.92 Å². The van der Waals surface area contributed by atoms with Crippen molar-refractivity contribution in [3.63, 3.8) is 0 Å². The van der Waals surface area contributed by atoms with Crippen molar-refractivity contribution in [2.45, 2.75) is 25.6 Å². The molecule has 2 heterocycles. The molecular weight excluding hydrogens is 248 g/mol. The molecule has 0 saturated carbocycles. The molecule has 1 aromatic rings. The predicted octanol–water partition coefficient (Wildman–Crippen LogP) is 0.614. The number of ether oxygens (including phenoxy) is 2. The maximum Gasteiger partial charge on any atom is 0.373 e. The number of hydrogen-bond donors (Lipinski definition) is 1. The van der Waals surface area contributed by atoms with Gasteiger partial charge < -0.3 is 19.6 Å². The van der Waals surface area contributed by atoms with Crippen molar-refractivity contribution in [1.82, 2.24) is 4.90 Å². The first-order valence-corrected chi connectivity index (χ1v) is 6.36. The van der Waals surface area contributed by atoms with Crippen LogP contribution in [0.25, 0.3) is 0 Å². The van der Waals surface area contributed by atoms with Gasteiger partial charge in [-0.25, -0.2) is 4.79 Å². The summed E-state index contributed by atoms with van der Waals surface area (Å²) in [5.74, 6) is 0.516. The first-order chi connectivity index (χ1) is 9.10. The number of carbonyl (C=O) groups is 1. The molecule has 1 fully saturated rings. The van der Waals surface area contributed by atoms with Crippen LogP contribution in [-0.2, 0) is 16.0 Å². The first kappa shape index (κ1) is 14.0. The van der Waals surface area contributed by atoms with E-state index in [1.165, 1.54) is 7.11 Å². The van der Waals surface area contributed by atoms with E-state index < -0.39 is 5.97 Å². The summed E-state index contributed by atoms with van der Waals surface area (Å²) in [5.41, 5.74) is 5.85. The van der Waals surface area contributed by atoms with Crippen LogP contribution >= 0.6 is 0 Å². The van der Waals surface area contributed by atoms with Crippen molar-refractivity contribution < 1.29 is 18.7 Å². The Morgan fingerprint density at radius 1 is 1.63 bits per heavy atom. The fourth-order valence-corrected chi connectivity index (χ4v) is 2.09. The number of morpholine rings is 1. The van der Waals surface area contributed by atoms with Gasteiger partial charge >= 0.3 is 5.97 Å². The minimum Gasteiger partial charge on any atom is -0.463 e. The molecule has 0 bridgehead atoms. The number of methoxy groups -OCH3 is 1. The molecule has 1 aliphatic heterocycles. The van der Waals surface area contributed by atoms with Gasteiger partial charge in [0.05, 0.1) is 26.4 Å². The second-order valence-corrected chi connectivity index (χ2v) is 4.76. The number of hydrogen-bond acceptors (Lipinski definition) is 6. The Balaban J connectivity index is 1.93. The highest BCUT2D eigenvalue weighted by atomic mass is 16.5. The molecule has 2 N–H and O–H groups in total. The number of furan rings is 1. The lowest BCUT2D eigenvalue weighted by Gasteiger charge is -2.34. The zero-order valence-electron chi connectivity index (χ0n) is 11.3. The lowest BCUT2D eigenvalue weighted by atomic mass is 10.1. The third-order valence-electron chi connectivity index (χ3n) is 3.19. The Kier molecular flexibility index (Phi) is 4.57. The quantitative estimate of drug-likeness (QED) is 0.806. The number of rotatable bonds is 4. The van der Waals surface area contributed by atoms with Crippen LogP contribution in [0.2, 0.25) is 0 Å². The molecule has 0 radical (unpaired) electrons. The number of esters is 1. The normalized spacial score (nSPS) is 22.2. The van der Waals surface area contributed by atoms with Crippen molar-refractivity contribution in [3.8, 4) is 0 Å². The fourth-order valence-electron chi connectivity index (χ4n) is 2.09. The van der Waals surface area contributed by atoms with Crippen LogP contribution in [0.4, 0.5) is 0 Å². The Bertz CT molecular complexity index is 430. The summed E-state index contributed by atoms with van der Waals surface area (Å²) in [4.78, 5) is 13.5. The molecule has 2 rings (SSSR count). The Labute approximate surface area is 112 Å². The third kappa shape index (κ3) is 3.56. The van der Waals surface area contributed by atoms with E-state index in [4.69, 9.17) is 14.9 Å². The van der Waals surface area contributed by atoms with Gasteiger partial charge in [-0.2, -0.15) is 0 Å². The van der Waals surface area contributed by atoms with Crippen molar-refractivity contribution >= 4 is 5.97 Å². The third-order valence-corrected chi connectivity index (χ3v) is 3.19. The second kappa shape index (κ2) is 6.18. The summed E-state index contributed by atoms with van der Waals surface area (Å²) >= 11 is 0. The second-order valence-electron chi connectivity index (χ2n) is 4.76. The highest BCUT2D eigenvalue weighted by Gasteiger charge is 2.24. The SMILES string of the molecule is COC(=O)c1ccc(CN2CCOC(C(C)N)C2)o1. The van der Waals surface area contributed by atoms with Crippen LogP contribution in [0, 0.1) is 0 Å². The minimum absolute atomic E-state index is 0.00466.